The normalized spacial score (nSPS) is 12.2. The Kier molecular flexibility index (Phi) is 4.99. The lowest BCUT2D eigenvalue weighted by Crippen LogP contribution is -2.18. The van der Waals surface area contributed by atoms with Gasteiger partial charge in [-0.05, 0) is 31.9 Å². The summed E-state index contributed by atoms with van der Waals surface area (Å²) in [5.41, 5.74) is 1.79. The van der Waals surface area contributed by atoms with E-state index in [-0.39, 0.29) is 0 Å². The maximum Gasteiger partial charge on any atom is 0.0931 e. The molecule has 0 aliphatic carbocycles. The summed E-state index contributed by atoms with van der Waals surface area (Å²) in [5.74, 6) is 0. The molecule has 1 N–H and O–H groups in total. The molecule has 3 heteroatoms. The van der Waals surface area contributed by atoms with Crippen molar-refractivity contribution >= 4 is 5.69 Å². The Hall–Kier alpha value is -1.35. The van der Waals surface area contributed by atoms with Gasteiger partial charge in [-0.2, -0.15) is 0 Å². The van der Waals surface area contributed by atoms with Gasteiger partial charge in [-0.25, -0.2) is 0 Å². The van der Waals surface area contributed by atoms with Crippen LogP contribution in [0.5, 0.6) is 0 Å². The van der Waals surface area contributed by atoms with Crippen molar-refractivity contribution in [2.24, 2.45) is 0 Å². The Morgan fingerprint density at radius 2 is 2.31 bits per heavy atom. The molecular weight excluding hydrogens is 200 g/mol. The van der Waals surface area contributed by atoms with Gasteiger partial charge in [0, 0.05) is 13.6 Å². The molecule has 0 saturated heterocycles. The highest BCUT2D eigenvalue weighted by Crippen LogP contribution is 2.15. The Morgan fingerprint density at radius 3 is 2.81 bits per heavy atom. The van der Waals surface area contributed by atoms with E-state index in [1.165, 1.54) is 0 Å². The largest absolute Gasteiger partial charge is 0.387 e. The number of anilines is 1. The Bertz CT molecular complexity index is 319. The van der Waals surface area contributed by atoms with Crippen LogP contribution in [0.4, 0.5) is 5.69 Å². The summed E-state index contributed by atoms with van der Waals surface area (Å²) in [4.78, 5) is 6.37. The van der Waals surface area contributed by atoms with Gasteiger partial charge < -0.3 is 10.0 Å². The maximum absolute atomic E-state index is 9.34. The molecule has 0 amide bonds. The summed E-state index contributed by atoms with van der Waals surface area (Å²) in [6.45, 7) is 6.41. The van der Waals surface area contributed by atoms with E-state index in [2.05, 4.69) is 16.5 Å². The highest BCUT2D eigenvalue weighted by atomic mass is 16.3. The monoisotopic (exact) mass is 220 g/mol. The summed E-state index contributed by atoms with van der Waals surface area (Å²) in [6.07, 6.45) is 5.36. The van der Waals surface area contributed by atoms with Crippen molar-refractivity contribution in [2.75, 3.05) is 18.5 Å². The van der Waals surface area contributed by atoms with Crippen LogP contribution < -0.4 is 4.90 Å². The van der Waals surface area contributed by atoms with Crippen LogP contribution in [-0.4, -0.2) is 23.7 Å². The number of nitrogens with zero attached hydrogens (tertiary/aromatic N) is 2. The Morgan fingerprint density at radius 1 is 1.56 bits per heavy atom. The lowest BCUT2D eigenvalue weighted by Gasteiger charge is -2.18. The van der Waals surface area contributed by atoms with Crippen molar-refractivity contribution in [2.45, 2.75) is 25.9 Å². The van der Waals surface area contributed by atoms with Crippen molar-refractivity contribution in [3.8, 4) is 0 Å². The number of unbranched alkanes of at least 4 members (excludes halogenated alkanes) is 1. The molecule has 0 aliphatic heterocycles. The number of hydrogen-bond donors (Lipinski definition) is 1. The van der Waals surface area contributed by atoms with Crippen LogP contribution in [0.2, 0.25) is 0 Å². The average Bonchev–Trinajstić information content (AvgIpc) is 2.29. The van der Waals surface area contributed by atoms with E-state index in [0.717, 1.165) is 25.1 Å². The van der Waals surface area contributed by atoms with E-state index in [9.17, 15) is 5.11 Å². The number of aliphatic hydroxyl groups excluding tert-OH is 1. The van der Waals surface area contributed by atoms with Crippen LogP contribution in [0.15, 0.2) is 31.0 Å². The van der Waals surface area contributed by atoms with E-state index in [1.54, 1.807) is 13.1 Å². The lowest BCUT2D eigenvalue weighted by molar-refractivity contribution is 0.194. The topological polar surface area (TPSA) is 36.4 Å². The lowest BCUT2D eigenvalue weighted by atomic mass is 10.2. The van der Waals surface area contributed by atoms with Crippen molar-refractivity contribution < 1.29 is 5.11 Å². The van der Waals surface area contributed by atoms with Crippen molar-refractivity contribution in [3.05, 3.63) is 36.7 Å². The quantitative estimate of drug-likeness (QED) is 0.591. The van der Waals surface area contributed by atoms with Gasteiger partial charge in [0.25, 0.3) is 0 Å². The minimum atomic E-state index is -0.500. The molecular formula is C13H20N2O. The third kappa shape index (κ3) is 3.66. The second-order valence-corrected chi connectivity index (χ2v) is 3.97. The molecule has 0 fully saturated rings. The molecule has 1 unspecified atom stereocenters. The molecule has 3 nitrogen and oxygen atoms in total. The fourth-order valence-corrected chi connectivity index (χ4v) is 1.47. The number of aromatic nitrogens is 1. The molecule has 0 radical (unpaired) electrons. The summed E-state index contributed by atoms with van der Waals surface area (Å²) >= 11 is 0. The Balaban J connectivity index is 2.55. The van der Waals surface area contributed by atoms with Crippen LogP contribution in [0.25, 0.3) is 0 Å². The van der Waals surface area contributed by atoms with Gasteiger partial charge in [0.05, 0.1) is 23.7 Å². The van der Waals surface area contributed by atoms with E-state index < -0.39 is 6.10 Å². The molecule has 1 heterocycles. The highest BCUT2D eigenvalue weighted by molar-refractivity contribution is 5.43. The molecule has 16 heavy (non-hydrogen) atoms. The number of aliphatic hydroxyl groups is 1. The first-order valence-corrected chi connectivity index (χ1v) is 5.61. The predicted molar refractivity (Wildman–Crippen MR) is 67.6 cm³/mol. The van der Waals surface area contributed by atoms with Crippen LogP contribution in [0.3, 0.4) is 0 Å². The van der Waals surface area contributed by atoms with Gasteiger partial charge in [-0.1, -0.05) is 6.08 Å². The smallest absolute Gasteiger partial charge is 0.0931 e. The summed E-state index contributed by atoms with van der Waals surface area (Å²) in [6, 6.07) is 3.85. The summed E-state index contributed by atoms with van der Waals surface area (Å²) < 4.78 is 0. The van der Waals surface area contributed by atoms with Gasteiger partial charge >= 0.3 is 0 Å². The minimum Gasteiger partial charge on any atom is -0.387 e. The Labute approximate surface area is 97.4 Å². The molecule has 1 atom stereocenters. The standard InChI is InChI=1S/C13H20N2O/c1-4-5-6-9-15(3)12-7-8-13(11(2)16)14-10-12/h4,7-8,10-11,16H,1,5-6,9H2,2-3H3. The third-order valence-electron chi connectivity index (χ3n) is 2.54. The number of rotatable bonds is 6. The zero-order chi connectivity index (χ0) is 12.0. The maximum atomic E-state index is 9.34. The first-order valence-electron chi connectivity index (χ1n) is 5.61. The first kappa shape index (κ1) is 12.7. The number of pyridine rings is 1. The fraction of sp³-hybridized carbons (Fsp3) is 0.462. The SMILES string of the molecule is C=CCCCN(C)c1ccc(C(C)O)nc1. The van der Waals surface area contributed by atoms with Crippen molar-refractivity contribution in [1.82, 2.24) is 4.98 Å². The van der Waals surface area contributed by atoms with Gasteiger partial charge in [-0.3, -0.25) is 4.98 Å². The van der Waals surface area contributed by atoms with E-state index in [4.69, 9.17) is 0 Å². The zero-order valence-corrected chi connectivity index (χ0v) is 10.1. The van der Waals surface area contributed by atoms with Crippen LogP contribution >= 0.6 is 0 Å². The highest BCUT2D eigenvalue weighted by Gasteiger charge is 2.04. The van der Waals surface area contributed by atoms with E-state index >= 15 is 0 Å². The first-order chi connectivity index (χ1) is 7.65. The summed E-state index contributed by atoms with van der Waals surface area (Å²) in [7, 11) is 2.04. The molecule has 0 bridgehead atoms. The van der Waals surface area contributed by atoms with Crippen molar-refractivity contribution in [3.63, 3.8) is 0 Å². The second kappa shape index (κ2) is 6.28. The number of hydrogen-bond acceptors (Lipinski definition) is 3. The molecule has 88 valence electrons. The molecule has 1 aromatic heterocycles. The molecule has 0 aliphatic rings. The van der Waals surface area contributed by atoms with E-state index in [0.29, 0.717) is 5.69 Å². The molecule has 0 saturated carbocycles. The van der Waals surface area contributed by atoms with Gasteiger partial charge in [0.1, 0.15) is 0 Å². The van der Waals surface area contributed by atoms with E-state index in [1.807, 2.05) is 25.3 Å². The third-order valence-corrected chi connectivity index (χ3v) is 2.54. The van der Waals surface area contributed by atoms with Crippen molar-refractivity contribution in [1.29, 1.82) is 0 Å². The summed E-state index contributed by atoms with van der Waals surface area (Å²) in [5, 5.41) is 9.34. The van der Waals surface area contributed by atoms with Crippen LogP contribution in [0.1, 0.15) is 31.6 Å². The molecule has 1 aromatic rings. The molecule has 1 rings (SSSR count). The van der Waals surface area contributed by atoms with Gasteiger partial charge in [0.2, 0.25) is 0 Å². The molecule has 0 spiro atoms. The van der Waals surface area contributed by atoms with Crippen LogP contribution in [0, 0.1) is 0 Å². The zero-order valence-electron chi connectivity index (χ0n) is 10.1. The average molecular weight is 220 g/mol. The number of allylic oxidation sites excluding steroid dienone is 1. The van der Waals surface area contributed by atoms with Crippen LogP contribution in [-0.2, 0) is 0 Å². The van der Waals surface area contributed by atoms with Gasteiger partial charge in [-0.15, -0.1) is 6.58 Å². The fourth-order valence-electron chi connectivity index (χ4n) is 1.47. The molecule has 0 aromatic carbocycles. The minimum absolute atomic E-state index is 0.500. The second-order valence-electron chi connectivity index (χ2n) is 3.97. The predicted octanol–water partition coefficient (Wildman–Crippen LogP) is 2.54. The van der Waals surface area contributed by atoms with Gasteiger partial charge in [0.15, 0.2) is 0 Å².